The Bertz CT molecular complexity index is 95.6. The van der Waals surface area contributed by atoms with Crippen molar-refractivity contribution in [1.29, 1.82) is 0 Å². The van der Waals surface area contributed by atoms with Gasteiger partial charge in [-0.25, -0.2) is 0 Å². The van der Waals surface area contributed by atoms with Crippen molar-refractivity contribution in [2.24, 2.45) is 0 Å². The zero-order valence-electron chi connectivity index (χ0n) is 3.90. The molecule has 0 amide bonds. The predicted molar refractivity (Wildman–Crippen MR) is 23.9 cm³/mol. The van der Waals surface area contributed by atoms with Crippen LogP contribution in [0.25, 0.3) is 0 Å². The first-order chi connectivity index (χ1) is 2.00. The second-order valence-corrected chi connectivity index (χ2v) is 1.22. The Morgan fingerprint density at radius 1 is 1.12 bits per heavy atom. The Morgan fingerprint density at radius 3 is 1.12 bits per heavy atom. The molecule has 0 aromatic carbocycles. The summed E-state index contributed by atoms with van der Waals surface area (Å²) in [5.41, 5.74) is 0. The van der Waals surface area contributed by atoms with Crippen LogP contribution in [0.2, 0.25) is 0 Å². The van der Waals surface area contributed by atoms with Gasteiger partial charge in [-0.1, -0.05) is 0 Å². The maximum Gasteiger partial charge on any atom is 2.00 e. The van der Waals surface area contributed by atoms with Crippen molar-refractivity contribution in [1.82, 2.24) is 0 Å². The van der Waals surface area contributed by atoms with Crippen LogP contribution in [0.15, 0.2) is 0 Å². The Morgan fingerprint density at radius 2 is 1.12 bits per heavy atom. The Kier molecular flexibility index (Phi) is 25.0. The van der Waals surface area contributed by atoms with E-state index in [4.69, 9.17) is 17.5 Å². The van der Waals surface area contributed by atoms with Crippen LogP contribution in [0.5, 0.6) is 0 Å². The number of hydrogen-bond acceptors (Lipinski definition) is 5. The quantitative estimate of drug-likeness (QED) is 0.235. The van der Waals surface area contributed by atoms with Gasteiger partial charge in [0.15, 0.2) is 0 Å². The molecule has 0 saturated carbocycles. The monoisotopic (exact) mass is 177 g/mol. The molecular formula is HCaMgO5S+. The van der Waals surface area contributed by atoms with E-state index in [1.807, 2.05) is 0 Å². The van der Waals surface area contributed by atoms with E-state index in [0.29, 0.717) is 0 Å². The first kappa shape index (κ1) is 22.5. The Hall–Kier alpha value is 1.86. The van der Waals surface area contributed by atoms with Gasteiger partial charge >= 0.3 is 60.8 Å². The fourth-order valence-electron chi connectivity index (χ4n) is 0. The van der Waals surface area contributed by atoms with Gasteiger partial charge in [-0.05, 0) is 0 Å². The van der Waals surface area contributed by atoms with Gasteiger partial charge in [0, 0.05) is 10.4 Å². The minimum absolute atomic E-state index is 0. The van der Waals surface area contributed by atoms with Crippen molar-refractivity contribution in [2.75, 3.05) is 0 Å². The van der Waals surface area contributed by atoms with Gasteiger partial charge in [0.1, 0.15) is 0 Å². The summed E-state index contributed by atoms with van der Waals surface area (Å²) in [5, 5.41) is 0. The summed E-state index contributed by atoms with van der Waals surface area (Å²) in [6.45, 7) is 0. The topological polar surface area (TPSA) is 110 Å². The first-order valence-electron chi connectivity index (χ1n) is 0.667. The number of hydrogen-bond donors (Lipinski definition) is 0. The number of rotatable bonds is 0. The molecule has 8 heavy (non-hydrogen) atoms. The molecule has 0 spiro atoms. The molecule has 0 bridgehead atoms. The van der Waals surface area contributed by atoms with E-state index in [-0.39, 0.29) is 66.3 Å². The fourth-order valence-corrected chi connectivity index (χ4v) is 0. The van der Waals surface area contributed by atoms with E-state index >= 15 is 0 Å². The van der Waals surface area contributed by atoms with Gasteiger partial charge in [0.25, 0.3) is 0 Å². The third kappa shape index (κ3) is 107. The standard InChI is InChI=1S/Ca.Mg.H2O4S.H2O/c;;1-5(2,3)4;/h;;(H2,1,2,3,4);1H2/q2*+2;;/p-3. The molecule has 0 saturated heterocycles. The van der Waals surface area contributed by atoms with Crippen molar-refractivity contribution in [3.63, 3.8) is 0 Å². The van der Waals surface area contributed by atoms with Crippen molar-refractivity contribution >= 4 is 71.2 Å². The predicted octanol–water partition coefficient (Wildman–Crippen LogP) is -2.28. The summed E-state index contributed by atoms with van der Waals surface area (Å²) >= 11 is 0. The van der Waals surface area contributed by atoms with E-state index < -0.39 is 10.4 Å². The second-order valence-electron chi connectivity index (χ2n) is 0.408. The molecular weight excluding hydrogens is 176 g/mol. The Labute approximate surface area is 92.9 Å². The molecule has 8 heteroatoms. The van der Waals surface area contributed by atoms with Crippen LogP contribution in [0.1, 0.15) is 0 Å². The molecule has 5 nitrogen and oxygen atoms in total. The normalized spacial score (nSPS) is 7.25. The van der Waals surface area contributed by atoms with E-state index in [2.05, 4.69) is 0 Å². The van der Waals surface area contributed by atoms with Gasteiger partial charge in [-0.3, -0.25) is 8.42 Å². The van der Waals surface area contributed by atoms with Crippen LogP contribution in [0, 0.1) is 0 Å². The van der Waals surface area contributed by atoms with Crippen LogP contribution in [-0.4, -0.2) is 83.8 Å². The third-order valence-electron chi connectivity index (χ3n) is 0. The molecule has 0 aromatic rings. The maximum absolute atomic E-state index is 8.52. The molecule has 0 rings (SSSR count). The first-order valence-corrected chi connectivity index (χ1v) is 2.00. The maximum atomic E-state index is 8.52. The third-order valence-corrected chi connectivity index (χ3v) is 0. The molecule has 40 valence electrons. The molecule has 0 aromatic heterocycles. The van der Waals surface area contributed by atoms with Crippen LogP contribution in [-0.2, 0) is 10.4 Å². The minimum Gasteiger partial charge on any atom is -0.870 e. The molecule has 0 aliphatic carbocycles. The largest absolute Gasteiger partial charge is 2.00 e. The summed E-state index contributed by atoms with van der Waals surface area (Å²) < 4.78 is 34.1. The molecule has 0 fully saturated rings. The van der Waals surface area contributed by atoms with Crippen molar-refractivity contribution in [2.45, 2.75) is 0 Å². The van der Waals surface area contributed by atoms with Gasteiger partial charge in [0.05, 0.1) is 0 Å². The molecule has 0 heterocycles. The minimum atomic E-state index is -5.17. The van der Waals surface area contributed by atoms with Crippen molar-refractivity contribution in [3.05, 3.63) is 0 Å². The average molecular weight is 177 g/mol. The van der Waals surface area contributed by atoms with E-state index in [1.54, 1.807) is 0 Å². The molecule has 0 radical (unpaired) electrons. The fraction of sp³-hybridized carbons (Fsp3) is 0. The summed E-state index contributed by atoms with van der Waals surface area (Å²) in [4.78, 5) is 0. The molecule has 0 aliphatic rings. The summed E-state index contributed by atoms with van der Waals surface area (Å²) in [5.74, 6) is 0. The smallest absolute Gasteiger partial charge is 0.870 e. The summed E-state index contributed by atoms with van der Waals surface area (Å²) in [7, 11) is -5.17. The zero-order chi connectivity index (χ0) is 4.50. The van der Waals surface area contributed by atoms with Gasteiger partial charge in [-0.2, -0.15) is 0 Å². The summed E-state index contributed by atoms with van der Waals surface area (Å²) in [6, 6.07) is 0. The molecule has 0 unspecified atom stereocenters. The van der Waals surface area contributed by atoms with Crippen LogP contribution < -0.4 is 0 Å². The van der Waals surface area contributed by atoms with Gasteiger partial charge < -0.3 is 14.6 Å². The van der Waals surface area contributed by atoms with Gasteiger partial charge in [-0.15, -0.1) is 0 Å². The molecule has 0 aliphatic heterocycles. The Balaban J connectivity index is -0.0000000267. The van der Waals surface area contributed by atoms with Crippen molar-refractivity contribution in [3.8, 4) is 0 Å². The van der Waals surface area contributed by atoms with E-state index in [1.165, 1.54) is 0 Å². The average Bonchev–Trinajstić information content (AvgIpc) is 0.722. The van der Waals surface area contributed by atoms with Crippen LogP contribution >= 0.6 is 0 Å². The zero-order valence-corrected chi connectivity index (χ0v) is 8.34. The molecule has 1 N–H and O–H groups in total. The second kappa shape index (κ2) is 8.86. The van der Waals surface area contributed by atoms with Crippen LogP contribution in [0.4, 0.5) is 0 Å². The van der Waals surface area contributed by atoms with Crippen LogP contribution in [0.3, 0.4) is 0 Å². The summed E-state index contributed by atoms with van der Waals surface area (Å²) in [6.07, 6.45) is 0. The molecule has 0 atom stereocenters. The SMILES string of the molecule is O=S(=O)([O-])[O-].[Ca+2].[Mg+2].[OH-]. The van der Waals surface area contributed by atoms with E-state index in [9.17, 15) is 0 Å². The van der Waals surface area contributed by atoms with E-state index in [0.717, 1.165) is 0 Å². The van der Waals surface area contributed by atoms with Crippen molar-refractivity contribution < 1.29 is 23.0 Å². The van der Waals surface area contributed by atoms with Gasteiger partial charge in [0.2, 0.25) is 0 Å².